The van der Waals surface area contributed by atoms with E-state index < -0.39 is 10.8 Å². The van der Waals surface area contributed by atoms with Crippen molar-refractivity contribution in [2.24, 2.45) is 0 Å². The first kappa shape index (κ1) is 9.30. The minimum absolute atomic E-state index is 0.410. The lowest BCUT2D eigenvalue weighted by Gasteiger charge is -1.92. The summed E-state index contributed by atoms with van der Waals surface area (Å²) >= 11 is 3.24. The van der Waals surface area contributed by atoms with Crippen LogP contribution in [-0.2, 0) is 10.8 Å². The van der Waals surface area contributed by atoms with E-state index in [9.17, 15) is 4.21 Å². The maximum atomic E-state index is 10.7. The van der Waals surface area contributed by atoms with Gasteiger partial charge in [0.05, 0.1) is 5.75 Å². The third-order valence-corrected chi connectivity index (χ3v) is 2.62. The monoisotopic (exact) mass is 211 g/mol. The van der Waals surface area contributed by atoms with Gasteiger partial charge in [0, 0.05) is 28.1 Å². The van der Waals surface area contributed by atoms with Crippen LogP contribution in [0, 0.1) is 5.41 Å². The van der Waals surface area contributed by atoms with Crippen molar-refractivity contribution in [2.45, 2.75) is 6.42 Å². The zero-order valence-electron chi connectivity index (χ0n) is 5.10. The van der Waals surface area contributed by atoms with Gasteiger partial charge in [-0.3, -0.25) is 4.21 Å². The highest BCUT2D eigenvalue weighted by Gasteiger charge is 1.93. The van der Waals surface area contributed by atoms with Gasteiger partial charge in [-0.2, -0.15) is 0 Å². The minimum Gasteiger partial charge on any atom is -0.312 e. The Kier molecular flexibility index (Phi) is 6.63. The highest BCUT2D eigenvalue weighted by molar-refractivity contribution is 9.09. The highest BCUT2D eigenvalue weighted by atomic mass is 79.9. The Morgan fingerprint density at radius 1 is 1.67 bits per heavy atom. The van der Waals surface area contributed by atoms with Crippen LogP contribution in [0.5, 0.6) is 0 Å². The van der Waals surface area contributed by atoms with E-state index in [4.69, 9.17) is 5.41 Å². The van der Waals surface area contributed by atoms with Gasteiger partial charge in [-0.25, -0.2) is 0 Å². The normalized spacial score (nSPS) is 13.0. The van der Waals surface area contributed by atoms with Crippen molar-refractivity contribution in [3.8, 4) is 0 Å². The average Bonchev–Trinajstić information content (AvgIpc) is 1.85. The highest BCUT2D eigenvalue weighted by Crippen LogP contribution is 1.90. The first-order chi connectivity index (χ1) is 4.31. The molecule has 1 N–H and O–H groups in total. The van der Waals surface area contributed by atoms with Crippen LogP contribution in [0.1, 0.15) is 6.42 Å². The van der Waals surface area contributed by atoms with Crippen molar-refractivity contribution in [3.63, 3.8) is 0 Å². The maximum absolute atomic E-state index is 10.7. The van der Waals surface area contributed by atoms with Crippen molar-refractivity contribution >= 4 is 32.9 Å². The number of halogens is 1. The fraction of sp³-hybridized carbons (Fsp3) is 0.800. The molecule has 0 spiro atoms. The third kappa shape index (κ3) is 6.18. The predicted octanol–water partition coefficient (Wildman–Crippen LogP) is 1.17. The van der Waals surface area contributed by atoms with E-state index in [-0.39, 0.29) is 0 Å². The van der Waals surface area contributed by atoms with Gasteiger partial charge >= 0.3 is 0 Å². The fourth-order valence-corrected chi connectivity index (χ4v) is 1.86. The van der Waals surface area contributed by atoms with Crippen molar-refractivity contribution in [1.29, 1.82) is 5.41 Å². The lowest BCUT2D eigenvalue weighted by molar-refractivity contribution is 0.684. The first-order valence-electron chi connectivity index (χ1n) is 2.71. The topological polar surface area (TPSA) is 40.9 Å². The Morgan fingerprint density at radius 2 is 2.33 bits per heavy atom. The molecule has 0 rings (SSSR count). The number of rotatable bonds is 5. The molecule has 0 amide bonds. The van der Waals surface area contributed by atoms with E-state index in [1.54, 1.807) is 0 Å². The summed E-state index contributed by atoms with van der Waals surface area (Å²) < 4.78 is 10.7. The molecule has 2 nitrogen and oxygen atoms in total. The molecular weight excluding hydrogens is 202 g/mol. The summed E-state index contributed by atoms with van der Waals surface area (Å²) in [5.74, 6) is 1.12. The molecule has 0 aliphatic rings. The van der Waals surface area contributed by atoms with Gasteiger partial charge in [0.15, 0.2) is 0 Å². The molecule has 4 heteroatoms. The second-order valence-electron chi connectivity index (χ2n) is 1.56. The molecule has 0 aromatic heterocycles. The quantitative estimate of drug-likeness (QED) is 0.539. The Morgan fingerprint density at radius 3 is 2.78 bits per heavy atom. The van der Waals surface area contributed by atoms with Crippen LogP contribution in [0.15, 0.2) is 0 Å². The van der Waals surface area contributed by atoms with Crippen molar-refractivity contribution < 1.29 is 4.21 Å². The van der Waals surface area contributed by atoms with Gasteiger partial charge in [-0.1, -0.05) is 15.9 Å². The van der Waals surface area contributed by atoms with Crippen LogP contribution in [0.4, 0.5) is 0 Å². The molecule has 1 unspecified atom stereocenters. The molecule has 0 heterocycles. The lowest BCUT2D eigenvalue weighted by Crippen LogP contribution is -2.03. The van der Waals surface area contributed by atoms with Crippen LogP contribution in [0.3, 0.4) is 0 Å². The van der Waals surface area contributed by atoms with E-state index in [0.29, 0.717) is 11.5 Å². The van der Waals surface area contributed by atoms with E-state index in [0.717, 1.165) is 11.8 Å². The molecular formula is C5H10BrNOS. The Labute approximate surface area is 66.1 Å². The molecule has 54 valence electrons. The molecule has 0 aromatic rings. The predicted molar refractivity (Wildman–Crippen MR) is 45.1 cm³/mol. The third-order valence-electron chi connectivity index (χ3n) is 0.775. The standard InChI is InChI=1S/C5H10BrNOS/c6-2-1-4-9(8)5-3-7/h3,7H,1-2,4-5H2. The minimum atomic E-state index is -0.793. The SMILES string of the molecule is N=CCS(=O)CCCBr. The van der Waals surface area contributed by atoms with E-state index in [2.05, 4.69) is 15.9 Å². The van der Waals surface area contributed by atoms with Crippen molar-refractivity contribution in [2.75, 3.05) is 16.8 Å². The van der Waals surface area contributed by atoms with Gasteiger partial charge in [-0.05, 0) is 6.42 Å². The van der Waals surface area contributed by atoms with Gasteiger partial charge in [-0.15, -0.1) is 0 Å². The molecule has 0 aromatic carbocycles. The van der Waals surface area contributed by atoms with Crippen molar-refractivity contribution in [1.82, 2.24) is 0 Å². The van der Waals surface area contributed by atoms with E-state index in [1.807, 2.05) is 0 Å². The van der Waals surface area contributed by atoms with Gasteiger partial charge in [0.25, 0.3) is 0 Å². The summed E-state index contributed by atoms with van der Waals surface area (Å²) in [6.07, 6.45) is 2.13. The summed E-state index contributed by atoms with van der Waals surface area (Å²) in [6.45, 7) is 0. The van der Waals surface area contributed by atoms with Crippen LogP contribution in [0.25, 0.3) is 0 Å². The second-order valence-corrected chi connectivity index (χ2v) is 3.97. The summed E-state index contributed by atoms with van der Waals surface area (Å²) in [5, 5.41) is 7.54. The van der Waals surface area contributed by atoms with Crippen LogP contribution in [-0.4, -0.2) is 27.3 Å². The number of nitrogens with one attached hydrogen (secondary N) is 1. The summed E-state index contributed by atoms with van der Waals surface area (Å²) in [7, 11) is -0.793. The largest absolute Gasteiger partial charge is 0.312 e. The molecule has 0 saturated heterocycles. The van der Waals surface area contributed by atoms with E-state index in [1.165, 1.54) is 6.21 Å². The molecule has 0 fully saturated rings. The number of hydrogen-bond donors (Lipinski definition) is 1. The molecule has 0 saturated carbocycles. The summed E-state index contributed by atoms with van der Waals surface area (Å²) in [4.78, 5) is 0. The molecule has 1 atom stereocenters. The number of alkyl halides is 1. The van der Waals surface area contributed by atoms with Crippen LogP contribution in [0.2, 0.25) is 0 Å². The van der Waals surface area contributed by atoms with Crippen molar-refractivity contribution in [3.05, 3.63) is 0 Å². The molecule has 0 aliphatic heterocycles. The Hall–Kier alpha value is 0.300. The Balaban J connectivity index is 3.16. The number of hydrogen-bond acceptors (Lipinski definition) is 2. The lowest BCUT2D eigenvalue weighted by atomic mass is 10.6. The molecule has 0 radical (unpaired) electrons. The zero-order valence-corrected chi connectivity index (χ0v) is 7.50. The molecule has 0 aliphatic carbocycles. The summed E-state index contributed by atoms with van der Waals surface area (Å²) in [5.41, 5.74) is 0. The van der Waals surface area contributed by atoms with E-state index >= 15 is 0 Å². The zero-order chi connectivity index (χ0) is 7.11. The second kappa shape index (κ2) is 6.42. The first-order valence-corrected chi connectivity index (χ1v) is 5.32. The van der Waals surface area contributed by atoms with Crippen LogP contribution < -0.4 is 0 Å². The average molecular weight is 212 g/mol. The van der Waals surface area contributed by atoms with Gasteiger partial charge in [0.2, 0.25) is 0 Å². The van der Waals surface area contributed by atoms with Gasteiger partial charge in [0.1, 0.15) is 0 Å². The maximum Gasteiger partial charge on any atom is 0.0582 e. The van der Waals surface area contributed by atoms with Gasteiger partial charge < -0.3 is 5.41 Å². The molecule has 0 bridgehead atoms. The fourth-order valence-electron chi connectivity index (χ4n) is 0.392. The Bertz CT molecular complexity index is 107. The smallest absolute Gasteiger partial charge is 0.0582 e. The molecule has 9 heavy (non-hydrogen) atoms. The summed E-state index contributed by atoms with van der Waals surface area (Å²) in [6, 6.07) is 0. The van der Waals surface area contributed by atoms with Crippen LogP contribution >= 0.6 is 15.9 Å².